The van der Waals surface area contributed by atoms with Gasteiger partial charge < -0.3 is 9.47 Å². The van der Waals surface area contributed by atoms with Crippen LogP contribution in [0.15, 0.2) is 36.4 Å². The first-order valence-electron chi connectivity index (χ1n) is 11.0. The zero-order valence-corrected chi connectivity index (χ0v) is 20.2. The van der Waals surface area contributed by atoms with E-state index in [4.69, 9.17) is 9.47 Å². The van der Waals surface area contributed by atoms with Crippen molar-refractivity contribution >= 4 is 23.6 Å². The number of ether oxygens (including phenoxy) is 2. The molecule has 1 aliphatic heterocycles. The maximum absolute atomic E-state index is 13.4. The third-order valence-electron chi connectivity index (χ3n) is 5.54. The molecule has 3 amide bonds. The van der Waals surface area contributed by atoms with Crippen LogP contribution in [0.4, 0.5) is 23.7 Å². The number of alkyl halides is 3. The molecule has 2 aromatic carbocycles. The molecule has 0 unspecified atom stereocenters. The largest absolute Gasteiger partial charge is 0.476 e. The lowest BCUT2D eigenvalue weighted by Crippen LogP contribution is -2.40. The highest BCUT2D eigenvalue weighted by molar-refractivity contribution is 6.12. The molecule has 3 rings (SSSR count). The monoisotopic (exact) mass is 492 g/mol. The van der Waals surface area contributed by atoms with Gasteiger partial charge in [-0.25, -0.2) is 9.59 Å². The molecule has 1 fully saturated rings. The predicted molar refractivity (Wildman–Crippen MR) is 122 cm³/mol. The van der Waals surface area contributed by atoms with Crippen LogP contribution in [-0.2, 0) is 27.0 Å². The van der Waals surface area contributed by atoms with Crippen LogP contribution in [-0.4, -0.2) is 41.6 Å². The van der Waals surface area contributed by atoms with Crippen molar-refractivity contribution in [3.8, 4) is 5.75 Å². The summed E-state index contributed by atoms with van der Waals surface area (Å²) in [5.41, 5.74) is -0.667. The quantitative estimate of drug-likeness (QED) is 0.401. The summed E-state index contributed by atoms with van der Waals surface area (Å²) in [6.45, 7) is 8.00. The lowest BCUT2D eigenvalue weighted by molar-refractivity contribution is -0.158. The normalized spacial score (nSPS) is 14.5. The standard InChI is InChI=1S/C25H27F3N2O5/c1-6-34-22(32)24(4,5)35-21-15(2)11-17(12-16(21)3)13-30-20(31)14-29(23(30)33)19-10-8-7-9-18(19)25(26,27)28/h7-12H,6,13-14H2,1-5H3. The Bertz CT molecular complexity index is 1140. The van der Waals surface area contributed by atoms with E-state index in [1.165, 1.54) is 18.2 Å². The number of para-hydroxylation sites is 1. The number of benzene rings is 2. The summed E-state index contributed by atoms with van der Waals surface area (Å²) < 4.78 is 51.3. The van der Waals surface area contributed by atoms with E-state index in [1.54, 1.807) is 46.8 Å². The molecule has 1 saturated heterocycles. The minimum atomic E-state index is -4.67. The second-order valence-electron chi connectivity index (χ2n) is 8.76. The van der Waals surface area contributed by atoms with Gasteiger partial charge in [-0.1, -0.05) is 24.3 Å². The van der Waals surface area contributed by atoms with Gasteiger partial charge in [-0.15, -0.1) is 0 Å². The van der Waals surface area contributed by atoms with E-state index < -0.39 is 41.8 Å². The molecule has 0 radical (unpaired) electrons. The molecule has 0 N–H and O–H groups in total. The van der Waals surface area contributed by atoms with E-state index >= 15 is 0 Å². The van der Waals surface area contributed by atoms with Crippen molar-refractivity contribution in [1.29, 1.82) is 0 Å². The topological polar surface area (TPSA) is 76.2 Å². The predicted octanol–water partition coefficient (Wildman–Crippen LogP) is 5.01. The number of hydrogen-bond donors (Lipinski definition) is 0. The summed E-state index contributed by atoms with van der Waals surface area (Å²) in [7, 11) is 0. The van der Waals surface area contributed by atoms with Gasteiger partial charge in [0.05, 0.1) is 24.4 Å². The Morgan fingerprint density at radius 2 is 1.66 bits per heavy atom. The fourth-order valence-electron chi connectivity index (χ4n) is 3.91. The molecule has 1 heterocycles. The van der Waals surface area contributed by atoms with Gasteiger partial charge in [-0.2, -0.15) is 13.2 Å². The van der Waals surface area contributed by atoms with Gasteiger partial charge in [0.25, 0.3) is 5.91 Å². The lowest BCUT2D eigenvalue weighted by atomic mass is 10.0. The zero-order valence-electron chi connectivity index (χ0n) is 20.2. The number of carbonyl (C=O) groups excluding carboxylic acids is 3. The molecule has 7 nitrogen and oxygen atoms in total. The smallest absolute Gasteiger partial charge is 0.418 e. The van der Waals surface area contributed by atoms with Crippen molar-refractivity contribution in [2.75, 3.05) is 18.1 Å². The van der Waals surface area contributed by atoms with Crippen LogP contribution in [0, 0.1) is 13.8 Å². The third-order valence-corrected chi connectivity index (χ3v) is 5.54. The number of hydrogen-bond acceptors (Lipinski definition) is 5. The van der Waals surface area contributed by atoms with Gasteiger partial charge in [-0.05, 0) is 63.4 Å². The molecule has 0 spiro atoms. The number of nitrogens with zero attached hydrogens (tertiary/aromatic N) is 2. The number of rotatable bonds is 7. The van der Waals surface area contributed by atoms with Gasteiger partial charge in [0.15, 0.2) is 5.60 Å². The Morgan fingerprint density at radius 1 is 1.06 bits per heavy atom. The number of imide groups is 1. The summed E-state index contributed by atoms with van der Waals surface area (Å²) in [5.74, 6) is -0.659. The summed E-state index contributed by atoms with van der Waals surface area (Å²) in [6, 6.07) is 7.24. The molecule has 0 saturated carbocycles. The molecular weight excluding hydrogens is 465 g/mol. The van der Waals surface area contributed by atoms with Gasteiger partial charge in [0.1, 0.15) is 12.3 Å². The van der Waals surface area contributed by atoms with Crippen LogP contribution in [0.3, 0.4) is 0 Å². The highest BCUT2D eigenvalue weighted by Crippen LogP contribution is 2.38. The van der Waals surface area contributed by atoms with Gasteiger partial charge in [-0.3, -0.25) is 14.6 Å². The minimum Gasteiger partial charge on any atom is -0.476 e. The van der Waals surface area contributed by atoms with Crippen LogP contribution in [0.25, 0.3) is 0 Å². The van der Waals surface area contributed by atoms with Gasteiger partial charge in [0, 0.05) is 0 Å². The first-order chi connectivity index (χ1) is 16.3. The van der Waals surface area contributed by atoms with Crippen LogP contribution in [0.1, 0.15) is 43.0 Å². The van der Waals surface area contributed by atoms with E-state index in [2.05, 4.69) is 0 Å². The Balaban J connectivity index is 1.83. The maximum atomic E-state index is 13.4. The second-order valence-corrected chi connectivity index (χ2v) is 8.76. The van der Waals surface area contributed by atoms with E-state index in [0.29, 0.717) is 22.4 Å². The van der Waals surface area contributed by atoms with Crippen molar-refractivity contribution < 1.29 is 37.0 Å². The number of urea groups is 1. The summed E-state index contributed by atoms with van der Waals surface area (Å²) in [5, 5.41) is 0. The SMILES string of the molecule is CCOC(=O)C(C)(C)Oc1c(C)cc(CN2C(=O)CN(c3ccccc3C(F)(F)F)C2=O)cc1C. The summed E-state index contributed by atoms with van der Waals surface area (Å²) >= 11 is 0. The highest BCUT2D eigenvalue weighted by Gasteiger charge is 2.42. The fourth-order valence-corrected chi connectivity index (χ4v) is 3.91. The molecular formula is C25H27F3N2O5. The zero-order chi connectivity index (χ0) is 26.1. The van der Waals surface area contributed by atoms with E-state index in [9.17, 15) is 27.6 Å². The number of carbonyl (C=O) groups is 3. The molecule has 0 bridgehead atoms. The molecule has 10 heteroatoms. The lowest BCUT2D eigenvalue weighted by Gasteiger charge is -2.27. The third kappa shape index (κ3) is 5.41. The number of anilines is 1. The molecule has 2 aromatic rings. The van der Waals surface area contributed by atoms with Crippen molar-refractivity contribution in [2.45, 2.75) is 52.9 Å². The summed E-state index contributed by atoms with van der Waals surface area (Å²) in [6.07, 6.45) is -4.67. The van der Waals surface area contributed by atoms with Gasteiger partial charge in [0.2, 0.25) is 0 Å². The average molecular weight is 492 g/mol. The maximum Gasteiger partial charge on any atom is 0.418 e. The van der Waals surface area contributed by atoms with Crippen LogP contribution in [0.5, 0.6) is 5.75 Å². The average Bonchev–Trinajstić information content (AvgIpc) is 3.04. The molecule has 0 aromatic heterocycles. The van der Waals surface area contributed by atoms with Crippen LogP contribution < -0.4 is 9.64 Å². The summed E-state index contributed by atoms with van der Waals surface area (Å²) in [4.78, 5) is 39.5. The molecule has 0 aliphatic carbocycles. The van der Waals surface area contributed by atoms with Crippen molar-refractivity contribution in [2.24, 2.45) is 0 Å². The number of esters is 1. The fraction of sp³-hybridized carbons (Fsp3) is 0.400. The molecule has 0 atom stereocenters. The minimum absolute atomic E-state index is 0.119. The Kier molecular flexibility index (Phi) is 7.14. The van der Waals surface area contributed by atoms with Crippen LogP contribution in [0.2, 0.25) is 0 Å². The van der Waals surface area contributed by atoms with Gasteiger partial charge >= 0.3 is 18.2 Å². The van der Waals surface area contributed by atoms with E-state index in [1.807, 2.05) is 0 Å². The number of halogens is 3. The highest BCUT2D eigenvalue weighted by atomic mass is 19.4. The van der Waals surface area contributed by atoms with Crippen molar-refractivity contribution in [3.63, 3.8) is 0 Å². The first-order valence-corrected chi connectivity index (χ1v) is 11.0. The molecule has 188 valence electrons. The van der Waals surface area contributed by atoms with Crippen molar-refractivity contribution in [3.05, 3.63) is 58.7 Å². The van der Waals surface area contributed by atoms with Crippen LogP contribution >= 0.6 is 0 Å². The first kappa shape index (κ1) is 26.1. The Morgan fingerprint density at radius 3 is 2.23 bits per heavy atom. The second kappa shape index (κ2) is 9.59. The Hall–Kier alpha value is -3.56. The van der Waals surface area contributed by atoms with Crippen molar-refractivity contribution in [1.82, 2.24) is 4.90 Å². The number of amides is 3. The number of aryl methyl sites for hydroxylation is 2. The van der Waals surface area contributed by atoms with E-state index in [-0.39, 0.29) is 18.8 Å². The molecule has 1 aliphatic rings. The Labute approximate surface area is 201 Å². The molecule has 35 heavy (non-hydrogen) atoms. The van der Waals surface area contributed by atoms with E-state index in [0.717, 1.165) is 15.9 Å².